The minimum Gasteiger partial charge on any atom is -0.394 e. The minimum absolute atomic E-state index is 0.960. The van der Waals surface area contributed by atoms with Crippen molar-refractivity contribution in [2.75, 3.05) is 7.05 Å². The Balaban J connectivity index is 3.00. The molecule has 0 saturated heterocycles. The molecule has 0 aromatic heterocycles. The average Bonchev–Trinajstić information content (AvgIpc) is 2.54. The summed E-state index contributed by atoms with van der Waals surface area (Å²) in [4.78, 5) is 0. The Morgan fingerprint density at radius 3 is 2.68 bits per heavy atom. The first-order chi connectivity index (χ1) is 10.8. The van der Waals surface area contributed by atoms with Crippen molar-refractivity contribution in [3.05, 3.63) is 90.2 Å². The lowest BCUT2D eigenvalue weighted by molar-refractivity contribution is 1.07. The van der Waals surface area contributed by atoms with Gasteiger partial charge >= 0.3 is 0 Å². The van der Waals surface area contributed by atoms with Crippen molar-refractivity contribution in [1.82, 2.24) is 5.32 Å². The summed E-state index contributed by atoms with van der Waals surface area (Å²) >= 11 is 0. The topological polar surface area (TPSA) is 12.0 Å². The Bertz CT molecular complexity index is 586. The van der Waals surface area contributed by atoms with Crippen LogP contribution in [0, 0.1) is 0 Å². The van der Waals surface area contributed by atoms with Crippen molar-refractivity contribution in [3.8, 4) is 0 Å². The number of rotatable bonds is 8. The molecule has 0 fully saturated rings. The summed E-state index contributed by atoms with van der Waals surface area (Å²) in [6.45, 7) is 8.05. The fourth-order valence-corrected chi connectivity index (χ4v) is 2.31. The third-order valence-corrected chi connectivity index (χ3v) is 3.41. The zero-order valence-corrected chi connectivity index (χ0v) is 14.0. The molecule has 0 saturated carbocycles. The Morgan fingerprint density at radius 1 is 1.23 bits per heavy atom. The highest BCUT2D eigenvalue weighted by Gasteiger charge is 2.03. The van der Waals surface area contributed by atoms with Gasteiger partial charge in [0.05, 0.1) is 0 Å². The van der Waals surface area contributed by atoms with Gasteiger partial charge in [0.15, 0.2) is 0 Å². The summed E-state index contributed by atoms with van der Waals surface area (Å²) in [7, 11) is 1.90. The number of aryl methyl sites for hydroxylation is 1. The first-order valence-electron chi connectivity index (χ1n) is 7.83. The van der Waals surface area contributed by atoms with Crippen LogP contribution in [0.1, 0.15) is 30.5 Å². The first kappa shape index (κ1) is 17.8. The highest BCUT2D eigenvalue weighted by atomic mass is 14.8. The molecule has 0 unspecified atom stereocenters. The summed E-state index contributed by atoms with van der Waals surface area (Å²) in [6, 6.07) is 6.73. The molecule has 0 aliphatic carbocycles. The maximum absolute atomic E-state index is 3.80. The highest BCUT2D eigenvalue weighted by molar-refractivity contribution is 5.75. The van der Waals surface area contributed by atoms with E-state index in [4.69, 9.17) is 0 Å². The third-order valence-electron chi connectivity index (χ3n) is 3.41. The van der Waals surface area contributed by atoms with Gasteiger partial charge in [0.1, 0.15) is 0 Å². The van der Waals surface area contributed by atoms with Gasteiger partial charge in [-0.1, -0.05) is 68.2 Å². The number of benzene rings is 1. The lowest BCUT2D eigenvalue weighted by Gasteiger charge is -2.10. The summed E-state index contributed by atoms with van der Waals surface area (Å²) < 4.78 is 0. The van der Waals surface area contributed by atoms with Crippen LogP contribution in [0.5, 0.6) is 0 Å². The van der Waals surface area contributed by atoms with Crippen molar-refractivity contribution in [2.24, 2.45) is 0 Å². The second-order valence-corrected chi connectivity index (χ2v) is 4.97. The number of hydrogen-bond donors (Lipinski definition) is 1. The van der Waals surface area contributed by atoms with E-state index >= 15 is 0 Å². The van der Waals surface area contributed by atoms with Crippen molar-refractivity contribution >= 4 is 5.57 Å². The Morgan fingerprint density at radius 2 is 2.05 bits per heavy atom. The fourth-order valence-electron chi connectivity index (χ4n) is 2.31. The molecule has 1 N–H and O–H groups in total. The molecule has 1 nitrogen and oxygen atoms in total. The van der Waals surface area contributed by atoms with Crippen LogP contribution < -0.4 is 5.32 Å². The molecular formula is C21H27N. The van der Waals surface area contributed by atoms with E-state index in [9.17, 15) is 0 Å². The summed E-state index contributed by atoms with van der Waals surface area (Å²) in [5.41, 5.74) is 5.24. The van der Waals surface area contributed by atoms with E-state index in [0.29, 0.717) is 0 Å². The quantitative estimate of drug-likeness (QED) is 0.647. The Kier molecular flexibility index (Phi) is 8.44. The van der Waals surface area contributed by atoms with Crippen molar-refractivity contribution in [1.29, 1.82) is 0 Å². The largest absolute Gasteiger partial charge is 0.394 e. The Hall–Kier alpha value is -2.28. The van der Waals surface area contributed by atoms with Crippen molar-refractivity contribution in [3.63, 3.8) is 0 Å². The van der Waals surface area contributed by atoms with Crippen LogP contribution in [0.15, 0.2) is 73.5 Å². The van der Waals surface area contributed by atoms with Crippen LogP contribution in [0.3, 0.4) is 0 Å². The van der Waals surface area contributed by atoms with Gasteiger partial charge in [0, 0.05) is 7.05 Å². The van der Waals surface area contributed by atoms with Crippen LogP contribution in [0.4, 0.5) is 0 Å². The zero-order valence-electron chi connectivity index (χ0n) is 14.0. The molecule has 0 heterocycles. The Labute approximate surface area is 135 Å². The average molecular weight is 293 g/mol. The van der Waals surface area contributed by atoms with Crippen LogP contribution in [0.25, 0.3) is 5.57 Å². The molecule has 1 aromatic carbocycles. The lowest BCUT2D eigenvalue weighted by atomic mass is 9.95. The first-order valence-corrected chi connectivity index (χ1v) is 7.83. The van der Waals surface area contributed by atoms with Crippen LogP contribution in [-0.4, -0.2) is 7.05 Å². The number of nitrogens with one attached hydrogen (secondary N) is 1. The van der Waals surface area contributed by atoms with Gasteiger partial charge in [-0.05, 0) is 54.3 Å². The fraction of sp³-hybridized carbons (Fsp3) is 0.238. The number of allylic oxidation sites excluding steroid dienone is 8. The normalized spacial score (nSPS) is 12.6. The molecule has 0 bridgehead atoms. The van der Waals surface area contributed by atoms with E-state index in [-0.39, 0.29) is 0 Å². The molecule has 0 radical (unpaired) electrons. The van der Waals surface area contributed by atoms with Gasteiger partial charge in [0.25, 0.3) is 0 Å². The zero-order chi connectivity index (χ0) is 16.2. The monoisotopic (exact) mass is 293 g/mol. The standard InChI is InChI=1S/C21H27N/c1-5-11-19(12-6-2)21-15-14-20(18(7-3)17-21)13-9-8-10-16-22-4/h5-6,8-12,14-17,22H,1,7,13H2,2-4H3/b9-8-,12-6-,16-10-,19-11+. The molecule has 0 aliphatic rings. The summed E-state index contributed by atoms with van der Waals surface area (Å²) in [6.07, 6.45) is 18.3. The lowest BCUT2D eigenvalue weighted by Crippen LogP contribution is -1.94. The van der Waals surface area contributed by atoms with Gasteiger partial charge < -0.3 is 5.32 Å². The molecule has 0 spiro atoms. The second kappa shape index (κ2) is 10.4. The van der Waals surface area contributed by atoms with Crippen LogP contribution in [-0.2, 0) is 12.8 Å². The molecular weight excluding hydrogens is 266 g/mol. The molecule has 0 aliphatic heterocycles. The van der Waals surface area contributed by atoms with Crippen molar-refractivity contribution < 1.29 is 0 Å². The SMILES string of the molecule is C=C/C=C(\C=C/C)c1ccc(C/C=C\C=C/NC)c(CC)c1. The smallest absolute Gasteiger partial charge is 0.00277 e. The van der Waals surface area contributed by atoms with Gasteiger partial charge in [-0.25, -0.2) is 0 Å². The van der Waals surface area contributed by atoms with Gasteiger partial charge in [-0.3, -0.25) is 0 Å². The predicted octanol–water partition coefficient (Wildman–Crippen LogP) is 5.23. The molecule has 22 heavy (non-hydrogen) atoms. The molecule has 0 amide bonds. The maximum atomic E-state index is 3.80. The minimum atomic E-state index is 0.960. The van der Waals surface area contributed by atoms with Crippen LogP contribution >= 0.6 is 0 Å². The highest BCUT2D eigenvalue weighted by Crippen LogP contribution is 2.21. The van der Waals surface area contributed by atoms with Crippen LogP contribution in [0.2, 0.25) is 0 Å². The molecule has 1 aromatic rings. The van der Waals surface area contributed by atoms with E-state index in [2.05, 4.69) is 67.4 Å². The molecule has 116 valence electrons. The van der Waals surface area contributed by atoms with Gasteiger partial charge in [-0.15, -0.1) is 0 Å². The molecule has 0 atom stereocenters. The summed E-state index contributed by atoms with van der Waals surface area (Å²) in [5.74, 6) is 0. The van der Waals surface area contributed by atoms with E-state index in [1.54, 1.807) is 0 Å². The third kappa shape index (κ3) is 5.61. The number of hydrogen-bond acceptors (Lipinski definition) is 1. The van der Waals surface area contributed by atoms with Gasteiger partial charge in [0.2, 0.25) is 0 Å². The van der Waals surface area contributed by atoms with E-state index in [1.807, 2.05) is 32.3 Å². The van der Waals surface area contributed by atoms with E-state index in [0.717, 1.165) is 12.8 Å². The van der Waals surface area contributed by atoms with E-state index < -0.39 is 0 Å². The second-order valence-electron chi connectivity index (χ2n) is 4.97. The molecule has 1 rings (SSSR count). The predicted molar refractivity (Wildman–Crippen MR) is 99.9 cm³/mol. The summed E-state index contributed by atoms with van der Waals surface area (Å²) in [5, 5.41) is 2.98. The van der Waals surface area contributed by atoms with Gasteiger partial charge in [-0.2, -0.15) is 0 Å². The maximum Gasteiger partial charge on any atom is 0.00277 e. The van der Waals surface area contributed by atoms with E-state index in [1.165, 1.54) is 22.3 Å². The van der Waals surface area contributed by atoms with Crippen molar-refractivity contribution in [2.45, 2.75) is 26.7 Å². The molecule has 1 heteroatoms.